The van der Waals surface area contributed by atoms with Crippen LogP contribution in [0.2, 0.25) is 0 Å². The van der Waals surface area contributed by atoms with E-state index in [1.165, 1.54) is 51.4 Å². The number of aliphatic hydroxyl groups excluding tert-OH is 1. The molecule has 4 rings (SSSR count). The van der Waals surface area contributed by atoms with Crippen molar-refractivity contribution < 1.29 is 15.0 Å². The SMILES string of the molecule is CC(CCC[C@@H](C)[C@H]1CC[C@H]2[C@@H]3CC[C@@H]4C[C@@H](O)CC[C@]4(C)[C@H]3CC[C@]12C)C(=O)O. The molecule has 10 atom stereocenters. The van der Waals surface area contributed by atoms with E-state index in [2.05, 4.69) is 20.8 Å². The molecular formula is C27H46O3. The van der Waals surface area contributed by atoms with Crippen molar-refractivity contribution in [2.75, 3.05) is 0 Å². The number of fused-ring (bicyclic) bond motifs is 5. The van der Waals surface area contributed by atoms with Crippen molar-refractivity contribution in [3.05, 3.63) is 0 Å². The average Bonchev–Trinajstić information content (AvgIpc) is 3.05. The quantitative estimate of drug-likeness (QED) is 0.515. The van der Waals surface area contributed by atoms with E-state index < -0.39 is 5.97 Å². The third-order valence-electron chi connectivity index (χ3n) is 11.1. The van der Waals surface area contributed by atoms with Gasteiger partial charge in [-0.3, -0.25) is 4.79 Å². The Morgan fingerprint density at radius 3 is 2.37 bits per heavy atom. The molecule has 1 unspecified atom stereocenters. The zero-order valence-electron chi connectivity index (χ0n) is 19.9. The molecule has 4 aliphatic rings. The molecule has 3 nitrogen and oxygen atoms in total. The normalized spacial score (nSPS) is 47.6. The summed E-state index contributed by atoms with van der Waals surface area (Å²) in [7, 11) is 0. The lowest BCUT2D eigenvalue weighted by atomic mass is 9.44. The monoisotopic (exact) mass is 418 g/mol. The summed E-state index contributed by atoms with van der Waals surface area (Å²) < 4.78 is 0. The number of carbonyl (C=O) groups is 1. The van der Waals surface area contributed by atoms with Gasteiger partial charge in [0.25, 0.3) is 0 Å². The van der Waals surface area contributed by atoms with Crippen molar-refractivity contribution in [3.63, 3.8) is 0 Å². The molecule has 0 bridgehead atoms. The van der Waals surface area contributed by atoms with Gasteiger partial charge in [0.1, 0.15) is 0 Å². The molecule has 4 aliphatic carbocycles. The van der Waals surface area contributed by atoms with Gasteiger partial charge >= 0.3 is 5.97 Å². The van der Waals surface area contributed by atoms with Crippen molar-refractivity contribution in [2.24, 2.45) is 52.3 Å². The first kappa shape index (κ1) is 22.6. The Bertz CT molecular complexity index is 632. The molecule has 4 saturated carbocycles. The number of carboxylic acid groups (broad SMARTS) is 1. The van der Waals surface area contributed by atoms with E-state index in [4.69, 9.17) is 5.11 Å². The van der Waals surface area contributed by atoms with Gasteiger partial charge in [-0.2, -0.15) is 0 Å². The molecule has 0 heterocycles. The second-order valence-corrected chi connectivity index (χ2v) is 12.5. The first-order valence-electron chi connectivity index (χ1n) is 13.1. The van der Waals surface area contributed by atoms with Gasteiger partial charge < -0.3 is 10.2 Å². The van der Waals surface area contributed by atoms with Crippen LogP contribution < -0.4 is 0 Å². The number of hydrogen-bond donors (Lipinski definition) is 2. The number of hydrogen-bond acceptors (Lipinski definition) is 2. The molecule has 0 aromatic rings. The predicted molar refractivity (Wildman–Crippen MR) is 121 cm³/mol. The number of rotatable bonds is 6. The molecule has 172 valence electrons. The Kier molecular flexibility index (Phi) is 6.34. The Hall–Kier alpha value is -0.570. The largest absolute Gasteiger partial charge is 0.481 e. The molecule has 0 aromatic heterocycles. The second kappa shape index (κ2) is 8.41. The summed E-state index contributed by atoms with van der Waals surface area (Å²) in [6, 6.07) is 0. The van der Waals surface area contributed by atoms with E-state index in [0.29, 0.717) is 16.7 Å². The summed E-state index contributed by atoms with van der Waals surface area (Å²) in [6.45, 7) is 9.52. The van der Waals surface area contributed by atoms with E-state index in [-0.39, 0.29) is 12.0 Å². The van der Waals surface area contributed by atoms with Crippen LogP contribution in [-0.2, 0) is 4.79 Å². The Balaban J connectivity index is 1.42. The molecular weight excluding hydrogens is 372 g/mol. The van der Waals surface area contributed by atoms with Gasteiger partial charge in [0.05, 0.1) is 12.0 Å². The maximum Gasteiger partial charge on any atom is 0.306 e. The third kappa shape index (κ3) is 3.76. The number of aliphatic hydroxyl groups is 1. The minimum atomic E-state index is -0.645. The van der Waals surface area contributed by atoms with Crippen molar-refractivity contribution in [1.29, 1.82) is 0 Å². The summed E-state index contributed by atoms with van der Waals surface area (Å²) >= 11 is 0. The lowest BCUT2D eigenvalue weighted by Crippen LogP contribution is -2.54. The lowest BCUT2D eigenvalue weighted by molar-refractivity contribution is -0.141. The molecule has 0 radical (unpaired) electrons. The molecule has 0 amide bonds. The number of aliphatic carboxylic acids is 1. The highest BCUT2D eigenvalue weighted by atomic mass is 16.4. The van der Waals surface area contributed by atoms with Crippen molar-refractivity contribution >= 4 is 5.97 Å². The van der Waals surface area contributed by atoms with Crippen LogP contribution >= 0.6 is 0 Å². The fraction of sp³-hybridized carbons (Fsp3) is 0.963. The smallest absolute Gasteiger partial charge is 0.306 e. The zero-order valence-corrected chi connectivity index (χ0v) is 19.9. The molecule has 30 heavy (non-hydrogen) atoms. The number of carboxylic acids is 1. The Morgan fingerprint density at radius 2 is 1.63 bits per heavy atom. The van der Waals surface area contributed by atoms with Crippen molar-refractivity contribution in [3.8, 4) is 0 Å². The van der Waals surface area contributed by atoms with E-state index >= 15 is 0 Å². The lowest BCUT2D eigenvalue weighted by Gasteiger charge is -2.61. The maximum atomic E-state index is 11.1. The second-order valence-electron chi connectivity index (χ2n) is 12.5. The van der Waals surface area contributed by atoms with Gasteiger partial charge in [-0.05, 0) is 111 Å². The molecule has 0 spiro atoms. The highest BCUT2D eigenvalue weighted by molar-refractivity contribution is 5.69. The summed E-state index contributed by atoms with van der Waals surface area (Å²) in [6.07, 6.45) is 14.7. The third-order valence-corrected chi connectivity index (χ3v) is 11.1. The fourth-order valence-electron chi connectivity index (χ4n) is 9.28. The van der Waals surface area contributed by atoms with Gasteiger partial charge in [0.2, 0.25) is 0 Å². The standard InChI is InChI=1S/C27H46O3/c1-17(6-5-7-18(2)25(29)30)22-10-11-23-21-9-8-19-16-20(28)12-14-26(19,3)24(21)13-15-27(22,23)4/h17-24,28H,5-16H2,1-4H3,(H,29,30)/t17-,18?,19-,20+,21+,22-,23+,24+,26+,27-/m1/s1. The van der Waals surface area contributed by atoms with Crippen LogP contribution in [0.5, 0.6) is 0 Å². The molecule has 0 aliphatic heterocycles. The van der Waals surface area contributed by atoms with Crippen LogP contribution in [0, 0.1) is 52.3 Å². The van der Waals surface area contributed by atoms with Gasteiger partial charge in [-0.15, -0.1) is 0 Å². The summed E-state index contributed by atoms with van der Waals surface area (Å²) in [5.74, 6) is 4.12. The van der Waals surface area contributed by atoms with E-state index in [9.17, 15) is 9.90 Å². The fourth-order valence-corrected chi connectivity index (χ4v) is 9.28. The van der Waals surface area contributed by atoms with E-state index in [1.807, 2.05) is 6.92 Å². The predicted octanol–water partition coefficient (Wildman–Crippen LogP) is 6.53. The van der Waals surface area contributed by atoms with E-state index in [0.717, 1.165) is 55.3 Å². The average molecular weight is 419 g/mol. The van der Waals surface area contributed by atoms with Gasteiger partial charge in [-0.1, -0.05) is 40.5 Å². The highest BCUT2D eigenvalue weighted by Crippen LogP contribution is 2.68. The minimum Gasteiger partial charge on any atom is -0.481 e. The van der Waals surface area contributed by atoms with Gasteiger partial charge in [0, 0.05) is 0 Å². The van der Waals surface area contributed by atoms with Crippen molar-refractivity contribution in [1.82, 2.24) is 0 Å². The van der Waals surface area contributed by atoms with Crippen LogP contribution in [0.15, 0.2) is 0 Å². The molecule has 2 N–H and O–H groups in total. The highest BCUT2D eigenvalue weighted by Gasteiger charge is 2.60. The van der Waals surface area contributed by atoms with Crippen LogP contribution in [0.3, 0.4) is 0 Å². The Labute approximate surface area is 184 Å². The van der Waals surface area contributed by atoms with Gasteiger partial charge in [-0.25, -0.2) is 0 Å². The van der Waals surface area contributed by atoms with Crippen molar-refractivity contribution in [2.45, 2.75) is 111 Å². The molecule has 0 aromatic carbocycles. The van der Waals surface area contributed by atoms with E-state index in [1.54, 1.807) is 0 Å². The summed E-state index contributed by atoms with van der Waals surface area (Å²) in [4.78, 5) is 11.1. The Morgan fingerprint density at radius 1 is 0.933 bits per heavy atom. The van der Waals surface area contributed by atoms with Crippen LogP contribution in [0.1, 0.15) is 105 Å². The topological polar surface area (TPSA) is 57.5 Å². The summed E-state index contributed by atoms with van der Waals surface area (Å²) in [5.41, 5.74) is 0.969. The van der Waals surface area contributed by atoms with Crippen LogP contribution in [0.25, 0.3) is 0 Å². The van der Waals surface area contributed by atoms with Gasteiger partial charge in [0.15, 0.2) is 0 Å². The maximum absolute atomic E-state index is 11.1. The van der Waals surface area contributed by atoms with Crippen LogP contribution in [0.4, 0.5) is 0 Å². The first-order chi connectivity index (χ1) is 14.2. The molecule has 0 saturated heterocycles. The molecule has 3 heteroatoms. The summed E-state index contributed by atoms with van der Waals surface area (Å²) in [5, 5.41) is 19.4. The zero-order chi connectivity index (χ0) is 21.7. The first-order valence-corrected chi connectivity index (χ1v) is 13.1. The molecule has 4 fully saturated rings. The minimum absolute atomic E-state index is 0.0472. The van der Waals surface area contributed by atoms with Crippen LogP contribution in [-0.4, -0.2) is 22.3 Å².